The van der Waals surface area contributed by atoms with Crippen molar-refractivity contribution in [1.82, 2.24) is 4.98 Å². The molecule has 1 aromatic heterocycles. The van der Waals surface area contributed by atoms with Crippen LogP contribution in [0.3, 0.4) is 0 Å². The van der Waals surface area contributed by atoms with E-state index in [0.29, 0.717) is 29.8 Å². The van der Waals surface area contributed by atoms with Crippen LogP contribution < -0.4 is 24.4 Å². The van der Waals surface area contributed by atoms with E-state index < -0.39 is 0 Å². The number of ether oxygens (including phenoxy) is 4. The lowest BCUT2D eigenvalue weighted by atomic mass is 10.1. The van der Waals surface area contributed by atoms with Crippen molar-refractivity contribution < 1.29 is 18.9 Å². The standard InChI is InChI=1S/C23H27N3O4S/c1-5-11-30-20-10-7-16(12-22(20)29-6-2)14-24-26-23-25-19(15-31-23)18-9-8-17(27-3)13-21(18)28-4/h7-10,12-15H,5-6,11H2,1-4H3,(H,25,26)/b24-14-. The second-order valence-electron chi connectivity index (χ2n) is 6.46. The average molecular weight is 442 g/mol. The number of hydrogen-bond acceptors (Lipinski definition) is 8. The Hall–Kier alpha value is -3.26. The van der Waals surface area contributed by atoms with Crippen molar-refractivity contribution in [2.24, 2.45) is 5.10 Å². The second kappa shape index (κ2) is 11.2. The number of anilines is 1. The second-order valence-corrected chi connectivity index (χ2v) is 7.32. The van der Waals surface area contributed by atoms with Gasteiger partial charge in [-0.3, -0.25) is 5.43 Å². The molecule has 7 nitrogen and oxygen atoms in total. The Morgan fingerprint density at radius 2 is 1.87 bits per heavy atom. The van der Waals surface area contributed by atoms with Gasteiger partial charge in [-0.1, -0.05) is 6.92 Å². The minimum atomic E-state index is 0.568. The van der Waals surface area contributed by atoms with Crippen LogP contribution in [-0.4, -0.2) is 38.6 Å². The van der Waals surface area contributed by atoms with Gasteiger partial charge in [0.1, 0.15) is 11.5 Å². The average Bonchev–Trinajstić information content (AvgIpc) is 3.27. The van der Waals surface area contributed by atoms with Crippen molar-refractivity contribution in [2.45, 2.75) is 20.3 Å². The van der Waals surface area contributed by atoms with Crippen molar-refractivity contribution in [1.29, 1.82) is 0 Å². The number of methoxy groups -OCH3 is 2. The maximum Gasteiger partial charge on any atom is 0.203 e. The number of thiazole rings is 1. The molecule has 0 spiro atoms. The number of nitrogens with zero attached hydrogens (tertiary/aromatic N) is 2. The van der Waals surface area contributed by atoms with Crippen LogP contribution in [0.4, 0.5) is 5.13 Å². The predicted octanol–water partition coefficient (Wildman–Crippen LogP) is 5.46. The quantitative estimate of drug-likeness (QED) is 0.315. The van der Waals surface area contributed by atoms with Crippen LogP contribution in [-0.2, 0) is 0 Å². The molecule has 1 heterocycles. The highest BCUT2D eigenvalue weighted by Crippen LogP contribution is 2.35. The van der Waals surface area contributed by atoms with E-state index in [0.717, 1.165) is 34.7 Å². The number of hydrogen-bond donors (Lipinski definition) is 1. The normalized spacial score (nSPS) is 10.8. The molecule has 0 saturated heterocycles. The molecule has 2 aromatic carbocycles. The van der Waals surface area contributed by atoms with Gasteiger partial charge in [0.15, 0.2) is 11.5 Å². The summed E-state index contributed by atoms with van der Waals surface area (Å²) in [5.41, 5.74) is 5.57. The van der Waals surface area contributed by atoms with Crippen molar-refractivity contribution in [3.8, 4) is 34.3 Å². The van der Waals surface area contributed by atoms with Crippen LogP contribution in [0.5, 0.6) is 23.0 Å². The fourth-order valence-corrected chi connectivity index (χ4v) is 3.48. The van der Waals surface area contributed by atoms with Crippen molar-refractivity contribution in [3.63, 3.8) is 0 Å². The van der Waals surface area contributed by atoms with Crippen LogP contribution in [0.2, 0.25) is 0 Å². The minimum absolute atomic E-state index is 0.568. The third-order valence-electron chi connectivity index (χ3n) is 4.29. The van der Waals surface area contributed by atoms with E-state index >= 15 is 0 Å². The number of aromatic nitrogens is 1. The molecule has 0 unspecified atom stereocenters. The van der Waals surface area contributed by atoms with Crippen LogP contribution in [0.25, 0.3) is 11.3 Å². The van der Waals surface area contributed by atoms with E-state index in [4.69, 9.17) is 18.9 Å². The lowest BCUT2D eigenvalue weighted by Gasteiger charge is -2.11. The van der Waals surface area contributed by atoms with E-state index in [1.165, 1.54) is 11.3 Å². The Balaban J connectivity index is 1.70. The molecule has 0 atom stereocenters. The summed E-state index contributed by atoms with van der Waals surface area (Å²) in [7, 11) is 3.25. The molecular formula is C23H27N3O4S. The highest BCUT2D eigenvalue weighted by atomic mass is 32.1. The molecule has 0 bridgehead atoms. The van der Waals surface area contributed by atoms with E-state index in [9.17, 15) is 0 Å². The summed E-state index contributed by atoms with van der Waals surface area (Å²) in [5, 5.41) is 6.94. The Morgan fingerprint density at radius 1 is 1.00 bits per heavy atom. The molecule has 0 aliphatic heterocycles. The minimum Gasteiger partial charge on any atom is -0.497 e. The maximum absolute atomic E-state index is 5.73. The van der Waals surface area contributed by atoms with Gasteiger partial charge in [0.05, 0.1) is 39.3 Å². The number of rotatable bonds is 11. The lowest BCUT2D eigenvalue weighted by molar-refractivity contribution is 0.277. The first-order chi connectivity index (χ1) is 15.2. The first-order valence-corrected chi connectivity index (χ1v) is 10.9. The fraction of sp³-hybridized carbons (Fsp3) is 0.304. The van der Waals surface area contributed by atoms with Gasteiger partial charge in [-0.25, -0.2) is 4.98 Å². The summed E-state index contributed by atoms with van der Waals surface area (Å²) in [6.07, 6.45) is 2.66. The maximum atomic E-state index is 5.73. The summed E-state index contributed by atoms with van der Waals surface area (Å²) in [6.45, 7) is 5.24. The molecule has 0 aliphatic rings. The topological polar surface area (TPSA) is 74.2 Å². The number of hydrazone groups is 1. The van der Waals surface area contributed by atoms with E-state index in [-0.39, 0.29) is 0 Å². The van der Waals surface area contributed by atoms with Gasteiger partial charge in [-0.2, -0.15) is 5.10 Å². The Bertz CT molecular complexity index is 1020. The molecule has 3 aromatic rings. The fourth-order valence-electron chi connectivity index (χ4n) is 2.83. The molecule has 0 amide bonds. The summed E-state index contributed by atoms with van der Waals surface area (Å²) >= 11 is 1.46. The first-order valence-electron chi connectivity index (χ1n) is 10.0. The molecule has 3 rings (SSSR count). The Labute approximate surface area is 186 Å². The van der Waals surface area contributed by atoms with Gasteiger partial charge in [-0.05, 0) is 49.2 Å². The molecule has 0 aliphatic carbocycles. The summed E-state index contributed by atoms with van der Waals surface area (Å²) in [4.78, 5) is 4.60. The van der Waals surface area contributed by atoms with Crippen molar-refractivity contribution in [3.05, 3.63) is 47.3 Å². The molecule has 164 valence electrons. The molecule has 0 saturated carbocycles. The molecule has 8 heteroatoms. The van der Waals surface area contributed by atoms with Gasteiger partial charge >= 0.3 is 0 Å². The Kier molecular flexibility index (Phi) is 8.12. The highest BCUT2D eigenvalue weighted by molar-refractivity contribution is 7.14. The van der Waals surface area contributed by atoms with Gasteiger partial charge in [0.2, 0.25) is 5.13 Å². The van der Waals surface area contributed by atoms with E-state index in [2.05, 4.69) is 22.4 Å². The zero-order chi connectivity index (χ0) is 22.1. The third kappa shape index (κ3) is 5.88. The van der Waals surface area contributed by atoms with Crippen LogP contribution in [0.15, 0.2) is 46.9 Å². The van der Waals surface area contributed by atoms with E-state index in [1.54, 1.807) is 20.4 Å². The largest absolute Gasteiger partial charge is 0.497 e. The smallest absolute Gasteiger partial charge is 0.203 e. The van der Waals surface area contributed by atoms with E-state index in [1.807, 2.05) is 48.7 Å². The zero-order valence-electron chi connectivity index (χ0n) is 18.2. The summed E-state index contributed by atoms with van der Waals surface area (Å²) in [6, 6.07) is 11.4. The first kappa shape index (κ1) is 22.4. The van der Waals surface area contributed by atoms with Crippen LogP contribution >= 0.6 is 11.3 Å². The number of nitrogens with one attached hydrogen (secondary N) is 1. The molecule has 1 N–H and O–H groups in total. The summed E-state index contributed by atoms with van der Waals surface area (Å²) in [5.74, 6) is 2.89. The zero-order valence-corrected chi connectivity index (χ0v) is 19.0. The monoisotopic (exact) mass is 441 g/mol. The molecule has 0 fully saturated rings. The SMILES string of the molecule is CCCOc1ccc(/C=N\Nc2nc(-c3ccc(OC)cc3OC)cs2)cc1OCC. The van der Waals surface area contributed by atoms with Crippen LogP contribution in [0.1, 0.15) is 25.8 Å². The molecular weight excluding hydrogens is 414 g/mol. The lowest BCUT2D eigenvalue weighted by Crippen LogP contribution is -2.00. The predicted molar refractivity (Wildman–Crippen MR) is 125 cm³/mol. The van der Waals surface area contributed by atoms with Crippen molar-refractivity contribution in [2.75, 3.05) is 32.9 Å². The highest BCUT2D eigenvalue weighted by Gasteiger charge is 2.11. The van der Waals surface area contributed by atoms with Gasteiger partial charge < -0.3 is 18.9 Å². The Morgan fingerprint density at radius 3 is 2.61 bits per heavy atom. The molecule has 31 heavy (non-hydrogen) atoms. The van der Waals surface area contributed by atoms with Crippen molar-refractivity contribution >= 4 is 22.7 Å². The third-order valence-corrected chi connectivity index (χ3v) is 5.04. The summed E-state index contributed by atoms with van der Waals surface area (Å²) < 4.78 is 22.1. The van der Waals surface area contributed by atoms with Gasteiger partial charge in [0, 0.05) is 17.0 Å². The number of benzene rings is 2. The van der Waals surface area contributed by atoms with Crippen LogP contribution in [0, 0.1) is 0 Å². The van der Waals surface area contributed by atoms with Gasteiger partial charge in [0.25, 0.3) is 0 Å². The van der Waals surface area contributed by atoms with Gasteiger partial charge in [-0.15, -0.1) is 11.3 Å². The molecule has 0 radical (unpaired) electrons.